The van der Waals surface area contributed by atoms with Gasteiger partial charge in [-0.25, -0.2) is 13.4 Å². The van der Waals surface area contributed by atoms with Crippen LogP contribution < -0.4 is 0 Å². The van der Waals surface area contributed by atoms with Crippen molar-refractivity contribution >= 4 is 16.3 Å². The molecular weight excluding hydrogens is 266 g/mol. The molecule has 2 heterocycles. The van der Waals surface area contributed by atoms with Gasteiger partial charge in [0.2, 0.25) is 10.0 Å². The average Bonchev–Trinajstić information content (AvgIpc) is 2.47. The lowest BCUT2D eigenvalue weighted by Gasteiger charge is -2.31. The molecule has 2 rings (SSSR count). The lowest BCUT2D eigenvalue weighted by Crippen LogP contribution is -2.44. The molecule has 6 nitrogen and oxygen atoms in total. The Bertz CT molecular complexity index is 621. The van der Waals surface area contributed by atoms with Crippen LogP contribution in [0.5, 0.6) is 0 Å². The number of hydrogen-bond donors (Lipinski definition) is 0. The number of carbonyl (C=O) groups excluding carboxylic acids is 1. The molecule has 0 amide bonds. The zero-order valence-electron chi connectivity index (χ0n) is 10.2. The molecule has 19 heavy (non-hydrogen) atoms. The van der Waals surface area contributed by atoms with Crippen molar-refractivity contribution in [1.29, 1.82) is 5.26 Å². The second-order valence-corrected chi connectivity index (χ2v) is 6.14. The molecule has 1 aromatic heterocycles. The molecule has 1 fully saturated rings. The van der Waals surface area contributed by atoms with Crippen molar-refractivity contribution in [3.63, 3.8) is 0 Å². The Morgan fingerprint density at radius 1 is 1.47 bits per heavy atom. The maximum absolute atomic E-state index is 12.5. The van der Waals surface area contributed by atoms with Gasteiger partial charge in [-0.2, -0.15) is 9.57 Å². The minimum absolute atomic E-state index is 0.133. The highest BCUT2D eigenvalue weighted by Gasteiger charge is 2.34. The summed E-state index contributed by atoms with van der Waals surface area (Å²) < 4.78 is 26.2. The van der Waals surface area contributed by atoms with E-state index >= 15 is 0 Å². The van der Waals surface area contributed by atoms with Crippen LogP contribution in [0.1, 0.15) is 25.0 Å². The Kier molecular flexibility index (Phi) is 3.93. The van der Waals surface area contributed by atoms with Gasteiger partial charge in [-0.3, -0.25) is 0 Å². The smallest absolute Gasteiger partial charge is 0.246 e. The van der Waals surface area contributed by atoms with Gasteiger partial charge in [0.25, 0.3) is 0 Å². The van der Waals surface area contributed by atoms with Crippen molar-refractivity contribution in [3.05, 3.63) is 24.0 Å². The molecule has 0 radical (unpaired) electrons. The quantitative estimate of drug-likeness (QED) is 0.759. The number of aromatic nitrogens is 1. The van der Waals surface area contributed by atoms with E-state index in [1.54, 1.807) is 6.07 Å². The highest BCUT2D eigenvalue weighted by atomic mass is 32.2. The topological polar surface area (TPSA) is 91.1 Å². The first kappa shape index (κ1) is 13.6. The van der Waals surface area contributed by atoms with E-state index in [2.05, 4.69) is 4.98 Å². The Hall–Kier alpha value is -1.78. The molecule has 7 heteroatoms. The third-order valence-electron chi connectivity index (χ3n) is 3.12. The fourth-order valence-corrected chi connectivity index (χ4v) is 3.90. The van der Waals surface area contributed by atoms with Gasteiger partial charge < -0.3 is 4.79 Å². The highest BCUT2D eigenvalue weighted by Crippen LogP contribution is 2.25. The van der Waals surface area contributed by atoms with Crippen LogP contribution in [0.2, 0.25) is 0 Å². The van der Waals surface area contributed by atoms with E-state index in [9.17, 15) is 13.2 Å². The first-order valence-electron chi connectivity index (χ1n) is 5.93. The largest absolute Gasteiger partial charge is 0.302 e. The number of carbonyl (C=O) groups is 1. The number of piperidine rings is 1. The van der Waals surface area contributed by atoms with Crippen LogP contribution in [-0.4, -0.2) is 36.6 Å². The Morgan fingerprint density at radius 3 is 2.95 bits per heavy atom. The van der Waals surface area contributed by atoms with Crippen LogP contribution in [0.25, 0.3) is 0 Å². The Balaban J connectivity index is 2.47. The summed E-state index contributed by atoms with van der Waals surface area (Å²) >= 11 is 0. The van der Waals surface area contributed by atoms with Crippen LogP contribution in [0.15, 0.2) is 23.2 Å². The summed E-state index contributed by atoms with van der Waals surface area (Å²) in [6.45, 7) is 0.297. The summed E-state index contributed by atoms with van der Waals surface area (Å²) in [6.07, 6.45) is 4.08. The van der Waals surface area contributed by atoms with Crippen molar-refractivity contribution in [2.45, 2.75) is 30.2 Å². The van der Waals surface area contributed by atoms with Gasteiger partial charge in [-0.05, 0) is 25.0 Å². The van der Waals surface area contributed by atoms with Gasteiger partial charge in [0, 0.05) is 12.7 Å². The number of nitriles is 1. The van der Waals surface area contributed by atoms with Crippen LogP contribution in [0.4, 0.5) is 0 Å². The second kappa shape index (κ2) is 5.47. The number of pyridine rings is 1. The molecule has 1 aliphatic heterocycles. The average molecular weight is 279 g/mol. The van der Waals surface area contributed by atoms with Crippen molar-refractivity contribution in [3.8, 4) is 6.07 Å². The van der Waals surface area contributed by atoms with Crippen LogP contribution in [-0.2, 0) is 14.8 Å². The van der Waals surface area contributed by atoms with E-state index in [0.717, 1.165) is 6.42 Å². The summed E-state index contributed by atoms with van der Waals surface area (Å²) in [4.78, 5) is 14.6. The molecule has 0 N–H and O–H groups in total. The van der Waals surface area contributed by atoms with Gasteiger partial charge >= 0.3 is 0 Å². The van der Waals surface area contributed by atoms with E-state index in [4.69, 9.17) is 5.26 Å². The fraction of sp³-hybridized carbons (Fsp3) is 0.417. The zero-order chi connectivity index (χ0) is 13.9. The molecular formula is C12H13N3O3S. The molecule has 1 aliphatic rings. The van der Waals surface area contributed by atoms with Gasteiger partial charge in [0.15, 0.2) is 5.69 Å². The molecule has 0 bridgehead atoms. The van der Waals surface area contributed by atoms with Crippen molar-refractivity contribution in [2.75, 3.05) is 6.54 Å². The predicted octanol–water partition coefficient (Wildman–Crippen LogP) is 0.695. The van der Waals surface area contributed by atoms with E-state index in [1.807, 2.05) is 0 Å². The number of sulfonamides is 1. The molecule has 1 atom stereocenters. The number of nitrogens with zero attached hydrogens (tertiary/aromatic N) is 3. The fourth-order valence-electron chi connectivity index (χ4n) is 2.17. The zero-order valence-corrected chi connectivity index (χ0v) is 11.0. The van der Waals surface area contributed by atoms with Gasteiger partial charge in [0.1, 0.15) is 17.3 Å². The lowest BCUT2D eigenvalue weighted by molar-refractivity contribution is -0.111. The van der Waals surface area contributed by atoms with Crippen molar-refractivity contribution in [2.24, 2.45) is 0 Å². The summed E-state index contributed by atoms with van der Waals surface area (Å²) in [7, 11) is -3.85. The van der Waals surface area contributed by atoms with Gasteiger partial charge in [-0.15, -0.1) is 0 Å². The molecule has 1 saturated heterocycles. The minimum Gasteiger partial charge on any atom is -0.302 e. The van der Waals surface area contributed by atoms with Gasteiger partial charge in [0.05, 0.1) is 6.04 Å². The van der Waals surface area contributed by atoms with Gasteiger partial charge in [-0.1, -0.05) is 6.42 Å². The monoisotopic (exact) mass is 279 g/mol. The van der Waals surface area contributed by atoms with Crippen LogP contribution >= 0.6 is 0 Å². The first-order valence-corrected chi connectivity index (χ1v) is 7.37. The normalized spacial score (nSPS) is 20.7. The number of rotatable bonds is 3. The molecule has 0 aromatic carbocycles. The molecule has 1 aromatic rings. The van der Waals surface area contributed by atoms with Crippen LogP contribution in [0.3, 0.4) is 0 Å². The third-order valence-corrected chi connectivity index (χ3v) is 5.07. The Labute approximate surface area is 111 Å². The highest BCUT2D eigenvalue weighted by molar-refractivity contribution is 7.89. The summed E-state index contributed by atoms with van der Waals surface area (Å²) in [5.41, 5.74) is -0.141. The summed E-state index contributed by atoms with van der Waals surface area (Å²) in [5.74, 6) is 0. The Morgan fingerprint density at radius 2 is 2.26 bits per heavy atom. The third kappa shape index (κ3) is 2.50. The maximum atomic E-state index is 12.5. The van der Waals surface area contributed by atoms with E-state index in [-0.39, 0.29) is 10.6 Å². The molecule has 100 valence electrons. The SMILES string of the molecule is N#Cc1ncccc1S(=O)(=O)N1CCCCC1C=O. The molecule has 1 unspecified atom stereocenters. The minimum atomic E-state index is -3.85. The summed E-state index contributed by atoms with van der Waals surface area (Å²) in [6, 6.07) is 3.93. The van der Waals surface area contributed by atoms with E-state index in [1.165, 1.54) is 22.6 Å². The second-order valence-electron chi connectivity index (χ2n) is 4.28. The number of aldehydes is 1. The van der Waals surface area contributed by atoms with E-state index in [0.29, 0.717) is 25.7 Å². The predicted molar refractivity (Wildman–Crippen MR) is 66.5 cm³/mol. The lowest BCUT2D eigenvalue weighted by atomic mass is 10.1. The van der Waals surface area contributed by atoms with Crippen molar-refractivity contribution in [1.82, 2.24) is 9.29 Å². The molecule has 0 saturated carbocycles. The van der Waals surface area contributed by atoms with Crippen molar-refractivity contribution < 1.29 is 13.2 Å². The maximum Gasteiger partial charge on any atom is 0.246 e. The molecule has 0 aliphatic carbocycles. The van der Waals surface area contributed by atoms with Crippen LogP contribution in [0, 0.1) is 11.3 Å². The van der Waals surface area contributed by atoms with E-state index < -0.39 is 16.1 Å². The summed E-state index contributed by atoms with van der Waals surface area (Å²) in [5, 5.41) is 8.94. The molecule has 0 spiro atoms. The first-order chi connectivity index (χ1) is 9.11. The number of hydrogen-bond acceptors (Lipinski definition) is 5. The standard InChI is InChI=1S/C12H13N3O3S/c13-8-11-12(5-3-6-14-11)19(17,18)15-7-2-1-4-10(15)9-16/h3,5-6,9-10H,1-2,4,7H2.